The number of benzene rings is 1. The molecule has 120 valence electrons. The molecule has 9 heteroatoms. The fourth-order valence-corrected chi connectivity index (χ4v) is 2.30. The third-order valence-corrected chi connectivity index (χ3v) is 3.58. The van der Waals surface area contributed by atoms with E-state index >= 15 is 0 Å². The normalized spacial score (nSPS) is 20.9. The van der Waals surface area contributed by atoms with Gasteiger partial charge in [0.2, 0.25) is 5.91 Å². The van der Waals surface area contributed by atoms with Gasteiger partial charge in [0.1, 0.15) is 5.92 Å². The van der Waals surface area contributed by atoms with E-state index in [0.29, 0.717) is 0 Å². The summed E-state index contributed by atoms with van der Waals surface area (Å²) < 4.78 is 26.4. The molecule has 2 N–H and O–H groups in total. The molecule has 0 aliphatic carbocycles. The summed E-state index contributed by atoms with van der Waals surface area (Å²) in [4.78, 5) is 28.3. The lowest BCUT2D eigenvalue weighted by Crippen LogP contribution is -2.65. The van der Waals surface area contributed by atoms with Crippen molar-refractivity contribution in [3.63, 3.8) is 0 Å². The Morgan fingerprint density at radius 2 is 2.00 bits per heavy atom. The van der Waals surface area contributed by atoms with Crippen molar-refractivity contribution in [1.29, 1.82) is 0 Å². The fraction of sp³-hybridized carbons (Fsp3) is 0.385. The van der Waals surface area contributed by atoms with Gasteiger partial charge in [0, 0.05) is 0 Å². The molecule has 22 heavy (non-hydrogen) atoms. The minimum atomic E-state index is -3.63. The van der Waals surface area contributed by atoms with Crippen molar-refractivity contribution in [3.05, 3.63) is 35.9 Å². The zero-order valence-corrected chi connectivity index (χ0v) is 12.6. The third kappa shape index (κ3) is 4.52. The van der Waals surface area contributed by atoms with Gasteiger partial charge >= 0.3 is 0 Å². The molecule has 1 aliphatic heterocycles. The minimum Gasteiger partial charge on any atom is -0.349 e. The lowest BCUT2D eigenvalue weighted by Gasteiger charge is -2.34. The summed E-state index contributed by atoms with van der Waals surface area (Å²) in [5, 5.41) is 2.41. The number of rotatable bonds is 7. The van der Waals surface area contributed by atoms with E-state index < -0.39 is 33.9 Å². The second kappa shape index (κ2) is 6.86. The molecule has 1 saturated heterocycles. The van der Waals surface area contributed by atoms with E-state index in [0.717, 1.165) is 11.8 Å². The molecule has 1 fully saturated rings. The molecule has 2 amide bonds. The Morgan fingerprint density at radius 1 is 1.32 bits per heavy atom. The summed E-state index contributed by atoms with van der Waals surface area (Å²) in [5.41, 5.74) is 3.04. The number of amides is 2. The molecule has 0 aromatic heterocycles. The number of carbonyl (C=O) groups is 2. The molecule has 2 unspecified atom stereocenters. The Labute approximate surface area is 127 Å². The maximum atomic E-state index is 11.9. The summed E-state index contributed by atoms with van der Waals surface area (Å²) in [6.45, 7) is -0.132. The highest BCUT2D eigenvalue weighted by molar-refractivity contribution is 7.85. The molecule has 1 aromatic carbocycles. The second-order valence-corrected chi connectivity index (χ2v) is 6.47. The van der Waals surface area contributed by atoms with Crippen LogP contribution in [-0.4, -0.2) is 39.1 Å². The Kier molecular flexibility index (Phi) is 5.11. The van der Waals surface area contributed by atoms with Gasteiger partial charge < -0.3 is 5.32 Å². The van der Waals surface area contributed by atoms with Crippen molar-refractivity contribution in [2.45, 2.75) is 12.6 Å². The van der Waals surface area contributed by atoms with Gasteiger partial charge in [-0.15, -0.1) is 0 Å². The highest BCUT2D eigenvalue weighted by Gasteiger charge is 2.45. The third-order valence-electron chi connectivity index (χ3n) is 3.01. The van der Waals surface area contributed by atoms with Crippen LogP contribution in [0.15, 0.2) is 30.3 Å². The van der Waals surface area contributed by atoms with Crippen LogP contribution >= 0.6 is 0 Å². The van der Waals surface area contributed by atoms with Gasteiger partial charge in [0.25, 0.3) is 16.0 Å². The first-order valence-electron chi connectivity index (χ1n) is 6.47. The Balaban J connectivity index is 1.79. The van der Waals surface area contributed by atoms with Crippen LogP contribution in [0.5, 0.6) is 0 Å². The van der Waals surface area contributed by atoms with Crippen molar-refractivity contribution in [3.8, 4) is 0 Å². The van der Waals surface area contributed by atoms with E-state index in [2.05, 4.69) is 15.0 Å². The molecule has 1 aromatic rings. The van der Waals surface area contributed by atoms with Gasteiger partial charge in [-0.3, -0.25) is 18.6 Å². The van der Waals surface area contributed by atoms with Crippen LogP contribution in [0.1, 0.15) is 5.56 Å². The zero-order valence-electron chi connectivity index (χ0n) is 11.8. The number of β-lactam (4-membered cyclic amide) rings is 1. The van der Waals surface area contributed by atoms with Gasteiger partial charge in [0.05, 0.1) is 25.5 Å². The molecular weight excluding hydrogens is 312 g/mol. The van der Waals surface area contributed by atoms with E-state index in [9.17, 15) is 18.0 Å². The van der Waals surface area contributed by atoms with Crippen LogP contribution in [0.25, 0.3) is 0 Å². The molecule has 0 bridgehead atoms. The van der Waals surface area contributed by atoms with Crippen LogP contribution in [0.4, 0.5) is 0 Å². The molecule has 0 spiro atoms. The standard InChI is InChI=1S/C13H16N2O6S/c1-22(18,19)21-8-10-11(12(16)14-10)13(17)15-20-7-9-5-3-2-4-6-9/h2-6,10-11H,7-8H2,1H3,(H,14,16)(H,15,17). The Hall–Kier alpha value is -1.97. The molecule has 2 rings (SSSR count). The summed E-state index contributed by atoms with van der Waals surface area (Å²) in [5.74, 6) is -2.16. The second-order valence-electron chi connectivity index (χ2n) is 4.82. The predicted octanol–water partition coefficient (Wildman–Crippen LogP) is -0.675. The summed E-state index contributed by atoms with van der Waals surface area (Å²) in [7, 11) is -3.63. The first kappa shape index (κ1) is 16.4. The average molecular weight is 328 g/mol. The van der Waals surface area contributed by atoms with Crippen LogP contribution in [0.2, 0.25) is 0 Å². The fourth-order valence-electron chi connectivity index (χ4n) is 1.91. The molecule has 8 nitrogen and oxygen atoms in total. The van der Waals surface area contributed by atoms with Gasteiger partial charge in [-0.05, 0) is 5.56 Å². The highest BCUT2D eigenvalue weighted by Crippen LogP contribution is 2.16. The van der Waals surface area contributed by atoms with Gasteiger partial charge in [-0.1, -0.05) is 30.3 Å². The van der Waals surface area contributed by atoms with E-state index in [1.165, 1.54) is 0 Å². The number of hydrogen-bond donors (Lipinski definition) is 2. The van der Waals surface area contributed by atoms with E-state index in [1.54, 1.807) is 0 Å². The van der Waals surface area contributed by atoms with Crippen molar-refractivity contribution in [2.24, 2.45) is 5.92 Å². The Morgan fingerprint density at radius 3 is 2.59 bits per heavy atom. The number of carbonyl (C=O) groups excluding carboxylic acids is 2. The molecule has 0 saturated carbocycles. The summed E-state index contributed by atoms with van der Waals surface area (Å²) in [6.07, 6.45) is 0.894. The number of hydrogen-bond acceptors (Lipinski definition) is 6. The van der Waals surface area contributed by atoms with Crippen LogP contribution in [-0.2, 0) is 35.3 Å². The van der Waals surface area contributed by atoms with Crippen LogP contribution in [0.3, 0.4) is 0 Å². The average Bonchev–Trinajstić information content (AvgIpc) is 2.43. The van der Waals surface area contributed by atoms with E-state index in [4.69, 9.17) is 4.84 Å². The molecule has 1 heterocycles. The van der Waals surface area contributed by atoms with Crippen molar-refractivity contribution in [1.82, 2.24) is 10.8 Å². The first-order valence-corrected chi connectivity index (χ1v) is 8.29. The minimum absolute atomic E-state index is 0.158. The SMILES string of the molecule is CS(=O)(=O)OCC1NC(=O)C1C(=O)NOCc1ccccc1. The zero-order chi connectivity index (χ0) is 16.2. The molecule has 2 atom stereocenters. The lowest BCUT2D eigenvalue weighted by molar-refractivity contribution is -0.153. The van der Waals surface area contributed by atoms with E-state index in [-0.39, 0.29) is 13.2 Å². The number of nitrogens with one attached hydrogen (secondary N) is 2. The molecule has 1 aliphatic rings. The topological polar surface area (TPSA) is 111 Å². The maximum absolute atomic E-state index is 11.9. The first-order chi connectivity index (χ1) is 10.4. The van der Waals surface area contributed by atoms with Gasteiger partial charge in [0.15, 0.2) is 0 Å². The molecule has 0 radical (unpaired) electrons. The maximum Gasteiger partial charge on any atom is 0.264 e. The van der Waals surface area contributed by atoms with Gasteiger partial charge in [-0.2, -0.15) is 8.42 Å². The number of hydroxylamine groups is 1. The predicted molar refractivity (Wildman–Crippen MR) is 75.6 cm³/mol. The lowest BCUT2D eigenvalue weighted by atomic mass is 9.90. The van der Waals surface area contributed by atoms with Crippen molar-refractivity contribution >= 4 is 21.9 Å². The highest BCUT2D eigenvalue weighted by atomic mass is 32.2. The van der Waals surface area contributed by atoms with Crippen LogP contribution in [0, 0.1) is 5.92 Å². The van der Waals surface area contributed by atoms with Crippen molar-refractivity contribution < 1.29 is 27.0 Å². The van der Waals surface area contributed by atoms with Gasteiger partial charge in [-0.25, -0.2) is 5.48 Å². The summed E-state index contributed by atoms with van der Waals surface area (Å²) in [6, 6.07) is 8.47. The van der Waals surface area contributed by atoms with E-state index in [1.807, 2.05) is 30.3 Å². The van der Waals surface area contributed by atoms with Crippen molar-refractivity contribution in [2.75, 3.05) is 12.9 Å². The quantitative estimate of drug-likeness (QED) is 0.297. The van der Waals surface area contributed by atoms with Crippen LogP contribution < -0.4 is 10.8 Å². The monoisotopic (exact) mass is 328 g/mol. The smallest absolute Gasteiger partial charge is 0.264 e. The molecular formula is C13H16N2O6S. The summed E-state index contributed by atoms with van der Waals surface area (Å²) >= 11 is 0. The Bertz CT molecular complexity index is 646. The largest absolute Gasteiger partial charge is 0.349 e.